The Labute approximate surface area is 146 Å². The van der Waals surface area contributed by atoms with Gasteiger partial charge in [-0.2, -0.15) is 11.3 Å². The van der Waals surface area contributed by atoms with E-state index in [1.165, 1.54) is 11.1 Å². The Kier molecular flexibility index (Phi) is 5.53. The molecule has 2 heterocycles. The van der Waals surface area contributed by atoms with Crippen LogP contribution in [0.15, 0.2) is 41.1 Å². The van der Waals surface area contributed by atoms with Gasteiger partial charge in [0.15, 0.2) is 0 Å². The van der Waals surface area contributed by atoms with Crippen molar-refractivity contribution in [1.82, 2.24) is 4.90 Å². The molecule has 4 nitrogen and oxygen atoms in total. The van der Waals surface area contributed by atoms with Gasteiger partial charge in [-0.1, -0.05) is 12.1 Å². The summed E-state index contributed by atoms with van der Waals surface area (Å²) < 4.78 is 5.66. The molecular weight excluding hydrogens is 322 g/mol. The molecule has 128 valence electrons. The highest BCUT2D eigenvalue weighted by Gasteiger charge is 2.30. The van der Waals surface area contributed by atoms with Gasteiger partial charge in [-0.3, -0.25) is 9.69 Å². The molecule has 0 saturated carbocycles. The second kappa shape index (κ2) is 7.81. The summed E-state index contributed by atoms with van der Waals surface area (Å²) >= 11 is 1.69. The van der Waals surface area contributed by atoms with Crippen LogP contribution in [0, 0.1) is 5.92 Å². The zero-order valence-corrected chi connectivity index (χ0v) is 14.7. The van der Waals surface area contributed by atoms with Crippen LogP contribution in [0.5, 0.6) is 5.75 Å². The molecule has 1 unspecified atom stereocenters. The molecule has 1 N–H and O–H groups in total. The lowest BCUT2D eigenvalue weighted by Crippen LogP contribution is -2.39. The molecule has 5 heteroatoms. The molecule has 0 radical (unpaired) electrons. The number of nitrogens with zero attached hydrogens (tertiary/aromatic N) is 1. The van der Waals surface area contributed by atoms with E-state index in [9.17, 15) is 9.90 Å². The van der Waals surface area contributed by atoms with Crippen molar-refractivity contribution in [2.24, 2.45) is 5.92 Å². The normalized spacial score (nSPS) is 17.5. The Morgan fingerprint density at radius 1 is 1.33 bits per heavy atom. The van der Waals surface area contributed by atoms with Gasteiger partial charge in [0.25, 0.3) is 0 Å². The third kappa shape index (κ3) is 3.79. The first kappa shape index (κ1) is 17.0. The SMILES string of the molecule is CCOc1cccc(C(c2ccsc2)N2CCC(C(=O)O)CC2)c1. The average molecular weight is 345 g/mol. The van der Waals surface area contributed by atoms with E-state index in [4.69, 9.17) is 4.74 Å². The zero-order valence-electron chi connectivity index (χ0n) is 13.9. The molecule has 1 aromatic heterocycles. The van der Waals surface area contributed by atoms with Gasteiger partial charge in [0.05, 0.1) is 18.6 Å². The van der Waals surface area contributed by atoms with E-state index in [1.807, 2.05) is 19.1 Å². The lowest BCUT2D eigenvalue weighted by molar-refractivity contribution is -0.143. The summed E-state index contributed by atoms with van der Waals surface area (Å²) in [7, 11) is 0. The summed E-state index contributed by atoms with van der Waals surface area (Å²) in [6.45, 7) is 4.24. The minimum Gasteiger partial charge on any atom is -0.494 e. The number of carboxylic acid groups (broad SMARTS) is 1. The number of thiophene rings is 1. The Morgan fingerprint density at radius 3 is 2.75 bits per heavy atom. The van der Waals surface area contributed by atoms with Crippen LogP contribution in [0.2, 0.25) is 0 Å². The van der Waals surface area contributed by atoms with Gasteiger partial charge in [-0.05, 0) is 72.9 Å². The van der Waals surface area contributed by atoms with E-state index < -0.39 is 5.97 Å². The molecule has 1 atom stereocenters. The molecule has 24 heavy (non-hydrogen) atoms. The maximum Gasteiger partial charge on any atom is 0.306 e. The first-order valence-corrected chi connectivity index (χ1v) is 9.35. The van der Waals surface area contributed by atoms with E-state index >= 15 is 0 Å². The van der Waals surface area contributed by atoms with Gasteiger partial charge in [0, 0.05) is 0 Å². The Morgan fingerprint density at radius 2 is 2.12 bits per heavy atom. The van der Waals surface area contributed by atoms with Crippen LogP contribution in [0.1, 0.15) is 36.9 Å². The van der Waals surface area contributed by atoms with Gasteiger partial charge < -0.3 is 9.84 Å². The molecule has 2 aromatic rings. The number of rotatable bonds is 6. The van der Waals surface area contributed by atoms with Crippen LogP contribution < -0.4 is 4.74 Å². The Bertz CT molecular complexity index is 663. The predicted octanol–water partition coefficient (Wildman–Crippen LogP) is 4.03. The van der Waals surface area contributed by atoms with E-state index in [1.54, 1.807) is 11.3 Å². The third-order valence-electron chi connectivity index (χ3n) is 4.59. The minimum absolute atomic E-state index is 0.159. The summed E-state index contributed by atoms with van der Waals surface area (Å²) in [6.07, 6.45) is 1.42. The maximum atomic E-state index is 11.2. The number of carbonyl (C=O) groups is 1. The summed E-state index contributed by atoms with van der Waals surface area (Å²) in [5.41, 5.74) is 2.47. The van der Waals surface area contributed by atoms with Crippen molar-refractivity contribution in [3.05, 3.63) is 52.2 Å². The molecule has 0 amide bonds. The highest BCUT2D eigenvalue weighted by Crippen LogP contribution is 2.34. The molecular formula is C19H23NO3S. The zero-order chi connectivity index (χ0) is 16.9. The molecule has 1 aliphatic heterocycles. The molecule has 1 fully saturated rings. The number of ether oxygens (including phenoxy) is 1. The second-order valence-electron chi connectivity index (χ2n) is 6.11. The number of hydrogen-bond acceptors (Lipinski definition) is 4. The molecule has 0 aliphatic carbocycles. The summed E-state index contributed by atoms with van der Waals surface area (Å²) in [5.74, 6) is 0.00913. The highest BCUT2D eigenvalue weighted by atomic mass is 32.1. The second-order valence-corrected chi connectivity index (χ2v) is 6.89. The number of likely N-dealkylation sites (tertiary alicyclic amines) is 1. The monoisotopic (exact) mass is 345 g/mol. The molecule has 1 aromatic carbocycles. The number of benzene rings is 1. The molecule has 3 rings (SSSR count). The van der Waals surface area contributed by atoms with E-state index in [-0.39, 0.29) is 12.0 Å². The Balaban J connectivity index is 1.85. The predicted molar refractivity (Wildman–Crippen MR) is 95.7 cm³/mol. The van der Waals surface area contributed by atoms with Gasteiger partial charge in [-0.25, -0.2) is 0 Å². The van der Waals surface area contributed by atoms with Crippen LogP contribution in [0.25, 0.3) is 0 Å². The fraction of sp³-hybridized carbons (Fsp3) is 0.421. The van der Waals surface area contributed by atoms with Crippen molar-refractivity contribution in [3.63, 3.8) is 0 Å². The van der Waals surface area contributed by atoms with Crippen molar-refractivity contribution in [1.29, 1.82) is 0 Å². The molecule has 1 saturated heterocycles. The van der Waals surface area contributed by atoms with Gasteiger partial charge in [0.1, 0.15) is 5.75 Å². The lowest BCUT2D eigenvalue weighted by Gasteiger charge is -2.36. The minimum atomic E-state index is -0.667. The van der Waals surface area contributed by atoms with Crippen molar-refractivity contribution < 1.29 is 14.6 Å². The largest absolute Gasteiger partial charge is 0.494 e. The van der Waals surface area contributed by atoms with Gasteiger partial charge >= 0.3 is 5.97 Å². The molecule has 0 spiro atoms. The summed E-state index contributed by atoms with van der Waals surface area (Å²) in [5, 5.41) is 13.5. The number of carboxylic acids is 1. The number of aliphatic carboxylic acids is 1. The maximum absolute atomic E-state index is 11.2. The fourth-order valence-corrected chi connectivity index (χ4v) is 4.07. The van der Waals surface area contributed by atoms with Crippen LogP contribution in [0.3, 0.4) is 0 Å². The fourth-order valence-electron chi connectivity index (χ4n) is 3.39. The molecule has 1 aliphatic rings. The highest BCUT2D eigenvalue weighted by molar-refractivity contribution is 7.08. The van der Waals surface area contributed by atoms with E-state index in [0.29, 0.717) is 19.4 Å². The van der Waals surface area contributed by atoms with E-state index in [2.05, 4.69) is 33.9 Å². The smallest absolute Gasteiger partial charge is 0.306 e. The van der Waals surface area contributed by atoms with Crippen LogP contribution >= 0.6 is 11.3 Å². The first-order chi connectivity index (χ1) is 11.7. The van der Waals surface area contributed by atoms with Crippen molar-refractivity contribution in [3.8, 4) is 5.75 Å². The van der Waals surface area contributed by atoms with Crippen molar-refractivity contribution >= 4 is 17.3 Å². The lowest BCUT2D eigenvalue weighted by atomic mass is 9.92. The van der Waals surface area contributed by atoms with Crippen LogP contribution in [-0.4, -0.2) is 35.7 Å². The topological polar surface area (TPSA) is 49.8 Å². The number of hydrogen-bond donors (Lipinski definition) is 1. The first-order valence-electron chi connectivity index (χ1n) is 8.40. The number of piperidine rings is 1. The van der Waals surface area contributed by atoms with Crippen LogP contribution in [0.4, 0.5) is 0 Å². The Hall–Kier alpha value is -1.85. The van der Waals surface area contributed by atoms with Crippen molar-refractivity contribution in [2.45, 2.75) is 25.8 Å². The van der Waals surface area contributed by atoms with Gasteiger partial charge in [-0.15, -0.1) is 0 Å². The third-order valence-corrected chi connectivity index (χ3v) is 5.29. The standard InChI is InChI=1S/C19H23NO3S/c1-2-23-17-5-3-4-15(12-17)18(16-8-11-24-13-16)20-9-6-14(7-10-20)19(21)22/h3-5,8,11-14,18H,2,6-7,9-10H2,1H3,(H,21,22). The van der Waals surface area contributed by atoms with E-state index in [0.717, 1.165) is 18.8 Å². The molecule has 0 bridgehead atoms. The summed E-state index contributed by atoms with van der Waals surface area (Å²) in [6, 6.07) is 10.6. The van der Waals surface area contributed by atoms with Crippen LogP contribution in [-0.2, 0) is 4.79 Å². The average Bonchev–Trinajstić information content (AvgIpc) is 3.10. The summed E-state index contributed by atoms with van der Waals surface area (Å²) in [4.78, 5) is 13.6. The van der Waals surface area contributed by atoms with Crippen molar-refractivity contribution in [2.75, 3.05) is 19.7 Å². The quantitative estimate of drug-likeness (QED) is 0.859. The van der Waals surface area contributed by atoms with Gasteiger partial charge in [0.2, 0.25) is 0 Å².